The number of nitrogens with zero attached hydrogens (tertiary/aromatic N) is 3. The largest absolute Gasteiger partial charge is 0.300 e. The van der Waals surface area contributed by atoms with Crippen molar-refractivity contribution in [2.45, 2.75) is 6.54 Å². The van der Waals surface area contributed by atoms with E-state index in [1.54, 1.807) is 29.3 Å². The number of rotatable bonds is 3. The zero-order valence-corrected chi connectivity index (χ0v) is 15.1. The third-order valence-electron chi connectivity index (χ3n) is 4.03. The molecule has 0 atom stereocenters. The van der Waals surface area contributed by atoms with Crippen molar-refractivity contribution in [2.24, 2.45) is 4.99 Å². The summed E-state index contributed by atoms with van der Waals surface area (Å²) in [4.78, 5) is 23.6. The summed E-state index contributed by atoms with van der Waals surface area (Å²) >= 11 is 12.1. The fraction of sp³-hybridized carbons (Fsp3) is 0.0500. The van der Waals surface area contributed by atoms with Gasteiger partial charge in [-0.15, -0.1) is 0 Å². The van der Waals surface area contributed by atoms with Crippen LogP contribution < -0.4 is 4.90 Å². The van der Waals surface area contributed by atoms with Crippen LogP contribution in [-0.2, 0) is 11.3 Å². The first-order valence-corrected chi connectivity index (χ1v) is 8.73. The van der Waals surface area contributed by atoms with Crippen molar-refractivity contribution in [1.29, 1.82) is 0 Å². The van der Waals surface area contributed by atoms with E-state index in [0.717, 1.165) is 16.9 Å². The number of benzene rings is 2. The molecule has 0 radical (unpaired) electrons. The van der Waals surface area contributed by atoms with E-state index in [2.05, 4.69) is 9.98 Å². The summed E-state index contributed by atoms with van der Waals surface area (Å²) in [6.45, 7) is 0.381. The molecule has 0 N–H and O–H groups in total. The first-order valence-electron chi connectivity index (χ1n) is 7.98. The zero-order chi connectivity index (χ0) is 18.1. The Hall–Kier alpha value is -2.69. The highest BCUT2D eigenvalue weighted by atomic mass is 35.5. The van der Waals surface area contributed by atoms with Gasteiger partial charge in [0.2, 0.25) is 0 Å². The summed E-state index contributed by atoms with van der Waals surface area (Å²) < 4.78 is 0. The number of pyridine rings is 1. The predicted molar refractivity (Wildman–Crippen MR) is 105 cm³/mol. The Morgan fingerprint density at radius 3 is 2.42 bits per heavy atom. The number of hydrogen-bond acceptors (Lipinski definition) is 3. The fourth-order valence-corrected chi connectivity index (χ4v) is 3.43. The number of hydrogen-bond donors (Lipinski definition) is 0. The van der Waals surface area contributed by atoms with E-state index < -0.39 is 0 Å². The number of anilines is 1. The highest BCUT2D eigenvalue weighted by molar-refractivity contribution is 6.54. The number of halogens is 2. The second-order valence-corrected chi connectivity index (χ2v) is 6.69. The number of para-hydroxylation sites is 1. The standard InChI is InChI=1S/C20H13Cl2N3O/c21-13-9-14(22)11-16(10-13)24-19-17-6-1-2-7-18(17)25(20(19)26)12-15-5-3-4-8-23-15/h1-11H,12H2. The van der Waals surface area contributed by atoms with Gasteiger partial charge in [0.15, 0.2) is 0 Å². The van der Waals surface area contributed by atoms with E-state index in [1.165, 1.54) is 0 Å². The lowest BCUT2D eigenvalue weighted by Gasteiger charge is -2.16. The number of amides is 1. The predicted octanol–water partition coefficient (Wildman–Crippen LogP) is 5.06. The molecule has 2 aromatic carbocycles. The van der Waals surface area contributed by atoms with Gasteiger partial charge in [0.25, 0.3) is 5.91 Å². The molecule has 0 spiro atoms. The van der Waals surface area contributed by atoms with Crippen LogP contribution in [0.4, 0.5) is 11.4 Å². The molecule has 0 bridgehead atoms. The maximum Gasteiger partial charge on any atom is 0.277 e. The Kier molecular flexibility index (Phi) is 4.45. The summed E-state index contributed by atoms with van der Waals surface area (Å²) in [6.07, 6.45) is 1.71. The molecule has 26 heavy (non-hydrogen) atoms. The van der Waals surface area contributed by atoms with Gasteiger partial charge in [0, 0.05) is 21.8 Å². The number of carbonyl (C=O) groups is 1. The molecule has 0 saturated heterocycles. The van der Waals surface area contributed by atoms with E-state index in [-0.39, 0.29) is 5.91 Å². The van der Waals surface area contributed by atoms with Crippen molar-refractivity contribution in [3.63, 3.8) is 0 Å². The molecule has 1 aliphatic heterocycles. The molecule has 0 aliphatic carbocycles. The van der Waals surface area contributed by atoms with Crippen LogP contribution in [0.1, 0.15) is 11.3 Å². The van der Waals surface area contributed by atoms with Crippen LogP contribution in [-0.4, -0.2) is 16.6 Å². The number of carbonyl (C=O) groups excluding carboxylic acids is 1. The smallest absolute Gasteiger partial charge is 0.277 e. The lowest BCUT2D eigenvalue weighted by Crippen LogP contribution is -2.29. The van der Waals surface area contributed by atoms with Gasteiger partial charge in [0.1, 0.15) is 5.71 Å². The van der Waals surface area contributed by atoms with Crippen LogP contribution in [0.25, 0.3) is 0 Å². The van der Waals surface area contributed by atoms with Gasteiger partial charge in [-0.3, -0.25) is 9.78 Å². The van der Waals surface area contributed by atoms with Crippen molar-refractivity contribution < 1.29 is 4.79 Å². The molecular formula is C20H13Cl2N3O. The topological polar surface area (TPSA) is 45.6 Å². The SMILES string of the molecule is O=C1C(=Nc2cc(Cl)cc(Cl)c2)c2ccccc2N1Cc1ccccn1. The molecule has 1 amide bonds. The quantitative estimate of drug-likeness (QED) is 0.636. The summed E-state index contributed by atoms with van der Waals surface area (Å²) in [5.74, 6) is -0.173. The van der Waals surface area contributed by atoms with E-state index in [1.807, 2.05) is 42.5 Å². The van der Waals surface area contributed by atoms with Gasteiger partial charge in [-0.25, -0.2) is 4.99 Å². The van der Waals surface area contributed by atoms with Crippen molar-refractivity contribution >= 4 is 46.2 Å². The zero-order valence-electron chi connectivity index (χ0n) is 13.6. The molecule has 0 unspecified atom stereocenters. The van der Waals surface area contributed by atoms with E-state index in [9.17, 15) is 4.79 Å². The minimum atomic E-state index is -0.173. The molecule has 1 aromatic heterocycles. The molecule has 0 fully saturated rings. The highest BCUT2D eigenvalue weighted by Crippen LogP contribution is 2.33. The molecule has 4 rings (SSSR count). The van der Waals surface area contributed by atoms with Gasteiger partial charge >= 0.3 is 0 Å². The van der Waals surface area contributed by atoms with Gasteiger partial charge in [0.05, 0.1) is 23.6 Å². The van der Waals surface area contributed by atoms with E-state index in [4.69, 9.17) is 23.2 Å². The minimum Gasteiger partial charge on any atom is -0.300 e. The average Bonchev–Trinajstić information content (AvgIpc) is 2.88. The summed E-state index contributed by atoms with van der Waals surface area (Å²) in [5, 5.41) is 0.946. The van der Waals surface area contributed by atoms with Gasteiger partial charge in [-0.05, 0) is 36.4 Å². The average molecular weight is 382 g/mol. The van der Waals surface area contributed by atoms with Crippen LogP contribution in [0, 0.1) is 0 Å². The fourth-order valence-electron chi connectivity index (χ4n) is 2.91. The Bertz CT molecular complexity index is 998. The number of aliphatic imine (C=N–C) groups is 1. The number of aromatic nitrogens is 1. The molecule has 6 heteroatoms. The lowest BCUT2D eigenvalue weighted by molar-refractivity contribution is -0.112. The lowest BCUT2D eigenvalue weighted by atomic mass is 10.1. The summed E-state index contributed by atoms with van der Waals surface area (Å²) in [7, 11) is 0. The molecule has 0 saturated carbocycles. The maximum absolute atomic E-state index is 13.0. The van der Waals surface area contributed by atoms with Crippen molar-refractivity contribution in [2.75, 3.05) is 4.90 Å². The molecule has 3 aromatic rings. The third kappa shape index (κ3) is 3.21. The summed E-state index contributed by atoms with van der Waals surface area (Å²) in [5.41, 5.74) is 3.32. The van der Waals surface area contributed by atoms with Gasteiger partial charge < -0.3 is 4.90 Å². The second-order valence-electron chi connectivity index (χ2n) is 5.82. The van der Waals surface area contributed by atoms with Crippen molar-refractivity contribution in [3.05, 3.63) is 88.2 Å². The normalized spacial score (nSPS) is 14.8. The van der Waals surface area contributed by atoms with Crippen LogP contribution in [0.2, 0.25) is 10.0 Å². The van der Waals surface area contributed by atoms with Crippen LogP contribution >= 0.6 is 23.2 Å². The molecule has 2 heterocycles. The molecule has 1 aliphatic rings. The maximum atomic E-state index is 13.0. The van der Waals surface area contributed by atoms with Crippen molar-refractivity contribution in [3.8, 4) is 0 Å². The Labute approximate surface area is 160 Å². The van der Waals surface area contributed by atoms with Gasteiger partial charge in [-0.1, -0.05) is 47.5 Å². The molecular weight excluding hydrogens is 369 g/mol. The van der Waals surface area contributed by atoms with Crippen LogP contribution in [0.15, 0.2) is 71.9 Å². The van der Waals surface area contributed by atoms with Crippen molar-refractivity contribution in [1.82, 2.24) is 4.98 Å². The van der Waals surface area contributed by atoms with E-state index in [0.29, 0.717) is 28.0 Å². The first-order chi connectivity index (χ1) is 12.6. The van der Waals surface area contributed by atoms with Crippen LogP contribution in [0.5, 0.6) is 0 Å². The number of fused-ring (bicyclic) bond motifs is 1. The van der Waals surface area contributed by atoms with Gasteiger partial charge in [-0.2, -0.15) is 0 Å². The third-order valence-corrected chi connectivity index (χ3v) is 4.47. The monoisotopic (exact) mass is 381 g/mol. The second kappa shape index (κ2) is 6.90. The highest BCUT2D eigenvalue weighted by Gasteiger charge is 2.33. The Morgan fingerprint density at radius 2 is 1.69 bits per heavy atom. The van der Waals surface area contributed by atoms with E-state index >= 15 is 0 Å². The van der Waals surface area contributed by atoms with Crippen LogP contribution in [0.3, 0.4) is 0 Å². The minimum absolute atomic E-state index is 0.173. The Morgan fingerprint density at radius 1 is 0.962 bits per heavy atom. The Balaban J connectivity index is 1.77. The molecule has 128 valence electrons. The first kappa shape index (κ1) is 16.8. The molecule has 4 nitrogen and oxygen atoms in total. The summed E-state index contributed by atoms with van der Waals surface area (Å²) in [6, 6.07) is 18.2.